The molecular weight excluding hydrogens is 272 g/mol. The van der Waals surface area contributed by atoms with Crippen LogP contribution >= 0.6 is 11.3 Å². The van der Waals surface area contributed by atoms with E-state index in [2.05, 4.69) is 4.98 Å². The molecule has 2 aromatic heterocycles. The van der Waals surface area contributed by atoms with E-state index in [-0.39, 0.29) is 0 Å². The van der Waals surface area contributed by atoms with E-state index < -0.39 is 0 Å². The molecule has 0 unspecified atom stereocenters. The second-order valence-electron chi connectivity index (χ2n) is 4.27. The van der Waals surface area contributed by atoms with Gasteiger partial charge in [-0.05, 0) is 24.3 Å². The first-order valence-corrected chi connectivity index (χ1v) is 7.16. The maximum Gasteiger partial charge on any atom is 0.153 e. The van der Waals surface area contributed by atoms with Crippen LogP contribution in [0, 0.1) is 0 Å². The van der Waals surface area contributed by atoms with Crippen molar-refractivity contribution in [3.05, 3.63) is 53.0 Å². The summed E-state index contributed by atoms with van der Waals surface area (Å²) in [4.78, 5) is 4.52. The second-order valence-corrected chi connectivity index (χ2v) is 5.22. The summed E-state index contributed by atoms with van der Waals surface area (Å²) in [6, 6.07) is 11.2. The predicted molar refractivity (Wildman–Crippen MR) is 79.9 cm³/mol. The van der Waals surface area contributed by atoms with E-state index in [1.807, 2.05) is 41.8 Å². The molecule has 0 saturated heterocycles. The maximum atomic E-state index is 5.70. The minimum atomic E-state index is 0.578. The molecule has 0 saturated carbocycles. The highest BCUT2D eigenvalue weighted by atomic mass is 32.1. The van der Waals surface area contributed by atoms with E-state index in [0.717, 1.165) is 28.6 Å². The van der Waals surface area contributed by atoms with Crippen LogP contribution in [0.15, 0.2) is 52.5 Å². The number of anilines is 1. The van der Waals surface area contributed by atoms with E-state index in [0.29, 0.717) is 12.3 Å². The summed E-state index contributed by atoms with van der Waals surface area (Å²) in [6.07, 6.45) is 2.41. The Morgan fingerprint density at radius 2 is 2.20 bits per heavy atom. The van der Waals surface area contributed by atoms with Crippen LogP contribution in [0.3, 0.4) is 0 Å². The van der Waals surface area contributed by atoms with E-state index in [1.54, 1.807) is 17.6 Å². The maximum absolute atomic E-state index is 5.70. The van der Waals surface area contributed by atoms with Gasteiger partial charge in [-0.15, -0.1) is 11.3 Å². The smallest absolute Gasteiger partial charge is 0.153 e. The van der Waals surface area contributed by atoms with Gasteiger partial charge in [-0.3, -0.25) is 0 Å². The Morgan fingerprint density at radius 3 is 3.00 bits per heavy atom. The zero-order chi connectivity index (χ0) is 13.8. The van der Waals surface area contributed by atoms with Crippen molar-refractivity contribution in [2.75, 3.05) is 12.3 Å². The summed E-state index contributed by atoms with van der Waals surface area (Å²) in [5.74, 6) is 1.58. The monoisotopic (exact) mass is 286 g/mol. The molecule has 2 N–H and O–H groups in total. The van der Waals surface area contributed by atoms with Crippen LogP contribution in [0.1, 0.15) is 5.01 Å². The van der Waals surface area contributed by atoms with Crippen molar-refractivity contribution in [1.82, 2.24) is 4.98 Å². The number of hydrogen-bond acceptors (Lipinski definition) is 5. The molecule has 0 fully saturated rings. The number of benzene rings is 1. The van der Waals surface area contributed by atoms with Gasteiger partial charge in [-0.1, -0.05) is 6.07 Å². The van der Waals surface area contributed by atoms with E-state index in [9.17, 15) is 0 Å². The van der Waals surface area contributed by atoms with Gasteiger partial charge in [0.1, 0.15) is 11.4 Å². The molecule has 3 rings (SSSR count). The lowest BCUT2D eigenvalue weighted by molar-refractivity contribution is 0.322. The fraction of sp³-hybridized carbons (Fsp3) is 0.133. The SMILES string of the molecule is Nc1cccc(OCCc2nc(-c3ccco3)cs2)c1. The van der Waals surface area contributed by atoms with Gasteiger partial charge in [0, 0.05) is 23.6 Å². The molecule has 0 aliphatic carbocycles. The quantitative estimate of drug-likeness (QED) is 0.728. The summed E-state index contributed by atoms with van der Waals surface area (Å²) in [5, 5.41) is 3.02. The van der Waals surface area contributed by atoms with Crippen LogP contribution in [0.5, 0.6) is 5.75 Å². The Balaban J connectivity index is 1.57. The van der Waals surface area contributed by atoms with Crippen LogP contribution in [0.2, 0.25) is 0 Å². The molecule has 2 heterocycles. The van der Waals surface area contributed by atoms with Gasteiger partial charge in [0.15, 0.2) is 5.76 Å². The third-order valence-electron chi connectivity index (χ3n) is 2.77. The van der Waals surface area contributed by atoms with Gasteiger partial charge in [0.25, 0.3) is 0 Å². The first kappa shape index (κ1) is 12.7. The first-order valence-electron chi connectivity index (χ1n) is 6.28. The van der Waals surface area contributed by atoms with Crippen molar-refractivity contribution in [2.24, 2.45) is 0 Å². The normalized spacial score (nSPS) is 10.6. The van der Waals surface area contributed by atoms with Gasteiger partial charge in [0.05, 0.1) is 17.9 Å². The molecule has 0 radical (unpaired) electrons. The van der Waals surface area contributed by atoms with Gasteiger partial charge in [-0.25, -0.2) is 4.98 Å². The molecule has 5 heteroatoms. The Kier molecular flexibility index (Phi) is 3.69. The van der Waals surface area contributed by atoms with Crippen molar-refractivity contribution in [3.8, 4) is 17.2 Å². The molecule has 0 aliphatic rings. The molecule has 0 bridgehead atoms. The Bertz CT molecular complexity index is 677. The summed E-state index contributed by atoms with van der Waals surface area (Å²) >= 11 is 1.61. The third-order valence-corrected chi connectivity index (χ3v) is 3.68. The van der Waals surface area contributed by atoms with Crippen molar-refractivity contribution in [3.63, 3.8) is 0 Å². The van der Waals surface area contributed by atoms with Crippen LogP contribution in [0.25, 0.3) is 11.5 Å². The summed E-state index contributed by atoms with van der Waals surface area (Å²) in [5.41, 5.74) is 7.28. The number of nitrogen functional groups attached to an aromatic ring is 1. The zero-order valence-corrected chi connectivity index (χ0v) is 11.6. The second kappa shape index (κ2) is 5.79. The number of thiazole rings is 1. The lowest BCUT2D eigenvalue weighted by atomic mass is 10.3. The summed E-state index contributed by atoms with van der Waals surface area (Å²) < 4.78 is 11.0. The fourth-order valence-electron chi connectivity index (χ4n) is 1.82. The number of hydrogen-bond donors (Lipinski definition) is 1. The molecule has 0 atom stereocenters. The number of nitrogens with two attached hydrogens (primary N) is 1. The first-order chi connectivity index (χ1) is 9.81. The van der Waals surface area contributed by atoms with E-state index in [4.69, 9.17) is 14.9 Å². The topological polar surface area (TPSA) is 61.3 Å². The van der Waals surface area contributed by atoms with E-state index in [1.165, 1.54) is 0 Å². The van der Waals surface area contributed by atoms with Gasteiger partial charge in [-0.2, -0.15) is 0 Å². The largest absolute Gasteiger partial charge is 0.493 e. The number of furan rings is 1. The summed E-state index contributed by atoms with van der Waals surface area (Å²) in [6.45, 7) is 0.578. The number of nitrogens with zero attached hydrogens (tertiary/aromatic N) is 1. The standard InChI is InChI=1S/C15H14N2O2S/c16-11-3-1-4-12(9-11)18-8-6-15-17-13(10-20-15)14-5-2-7-19-14/h1-5,7,9-10H,6,8,16H2. The van der Waals surface area contributed by atoms with Gasteiger partial charge in [0.2, 0.25) is 0 Å². The molecule has 20 heavy (non-hydrogen) atoms. The van der Waals surface area contributed by atoms with Crippen LogP contribution in [-0.4, -0.2) is 11.6 Å². The number of ether oxygens (including phenoxy) is 1. The molecule has 0 amide bonds. The summed E-state index contributed by atoms with van der Waals surface area (Å²) in [7, 11) is 0. The minimum Gasteiger partial charge on any atom is -0.493 e. The van der Waals surface area contributed by atoms with Crippen LogP contribution in [-0.2, 0) is 6.42 Å². The van der Waals surface area contributed by atoms with Gasteiger partial charge < -0.3 is 14.9 Å². The highest BCUT2D eigenvalue weighted by molar-refractivity contribution is 7.09. The molecule has 0 spiro atoms. The van der Waals surface area contributed by atoms with Gasteiger partial charge >= 0.3 is 0 Å². The highest BCUT2D eigenvalue weighted by Crippen LogP contribution is 2.22. The van der Waals surface area contributed by atoms with Crippen molar-refractivity contribution in [1.29, 1.82) is 0 Å². The minimum absolute atomic E-state index is 0.578. The molecule has 4 nitrogen and oxygen atoms in total. The Hall–Kier alpha value is -2.27. The van der Waals surface area contributed by atoms with Crippen molar-refractivity contribution >= 4 is 17.0 Å². The fourth-order valence-corrected chi connectivity index (χ4v) is 2.59. The predicted octanol–water partition coefficient (Wildman–Crippen LogP) is 3.61. The van der Waals surface area contributed by atoms with Crippen LogP contribution in [0.4, 0.5) is 5.69 Å². The lowest BCUT2D eigenvalue weighted by Crippen LogP contribution is -2.01. The Labute approximate surface area is 120 Å². The highest BCUT2D eigenvalue weighted by Gasteiger charge is 2.06. The zero-order valence-electron chi connectivity index (χ0n) is 10.8. The molecular formula is C15H14N2O2S. The average molecular weight is 286 g/mol. The number of rotatable bonds is 5. The molecule has 0 aliphatic heterocycles. The van der Waals surface area contributed by atoms with Crippen molar-refractivity contribution in [2.45, 2.75) is 6.42 Å². The molecule has 1 aromatic carbocycles. The third kappa shape index (κ3) is 3.00. The Morgan fingerprint density at radius 1 is 1.25 bits per heavy atom. The lowest BCUT2D eigenvalue weighted by Gasteiger charge is -2.05. The average Bonchev–Trinajstić information content (AvgIpc) is 3.09. The van der Waals surface area contributed by atoms with E-state index >= 15 is 0 Å². The number of aromatic nitrogens is 1. The molecule has 3 aromatic rings. The van der Waals surface area contributed by atoms with Crippen molar-refractivity contribution < 1.29 is 9.15 Å². The molecule has 102 valence electrons. The van der Waals surface area contributed by atoms with Crippen LogP contribution < -0.4 is 10.5 Å².